The number of hydrogen-bond acceptors (Lipinski definition) is 8. The van der Waals surface area contributed by atoms with Crippen molar-refractivity contribution in [1.29, 1.82) is 0 Å². The van der Waals surface area contributed by atoms with Crippen LogP contribution >= 0.6 is 11.6 Å². The van der Waals surface area contributed by atoms with Crippen LogP contribution in [0.5, 0.6) is 5.75 Å². The van der Waals surface area contributed by atoms with Crippen LogP contribution in [0.3, 0.4) is 0 Å². The number of ether oxygens (including phenoxy) is 1. The van der Waals surface area contributed by atoms with Crippen molar-refractivity contribution in [2.24, 2.45) is 0 Å². The molecule has 1 heterocycles. The molecule has 0 aromatic heterocycles. The van der Waals surface area contributed by atoms with Gasteiger partial charge in [0.05, 0.1) is 6.61 Å². The molecule has 3 rings (SSSR count). The zero-order chi connectivity index (χ0) is 22.1. The molecular weight excluding hydrogens is 443 g/mol. The van der Waals surface area contributed by atoms with Gasteiger partial charge in [0, 0.05) is 5.02 Å². The van der Waals surface area contributed by atoms with Crippen LogP contribution < -0.4 is 4.18 Å². The monoisotopic (exact) mass is 462 g/mol. The average Bonchev–Trinajstić information content (AvgIpc) is 2.69. The third-order valence-corrected chi connectivity index (χ3v) is 5.56. The van der Waals surface area contributed by atoms with Gasteiger partial charge in [-0.1, -0.05) is 39.8 Å². The minimum atomic E-state index is -5.11. The summed E-state index contributed by atoms with van der Waals surface area (Å²) in [6, 6.07) is 10.5. The summed E-state index contributed by atoms with van der Waals surface area (Å²) in [5.74, 6) is -0.178. The fourth-order valence-electron chi connectivity index (χ4n) is 3.28. The quantitative estimate of drug-likeness (QED) is 0.468. The molecule has 0 saturated carbocycles. The Balaban J connectivity index is 1.82. The fourth-order valence-corrected chi connectivity index (χ4v) is 3.81. The van der Waals surface area contributed by atoms with Gasteiger partial charge in [0.25, 0.3) is 0 Å². The van der Waals surface area contributed by atoms with E-state index >= 15 is 0 Å². The predicted molar refractivity (Wildman–Crippen MR) is 104 cm³/mol. The highest BCUT2D eigenvalue weighted by Crippen LogP contribution is 2.34. The molecule has 0 bridgehead atoms. The summed E-state index contributed by atoms with van der Waals surface area (Å²) in [5, 5.41) is 40.0. The number of aliphatic hydroxyl groups is 4. The molecule has 0 unspecified atom stereocenters. The van der Waals surface area contributed by atoms with Crippen molar-refractivity contribution < 1.29 is 41.6 Å². The summed E-state index contributed by atoms with van der Waals surface area (Å²) in [4.78, 5) is 0. The second-order valence-electron chi connectivity index (χ2n) is 6.90. The molecule has 164 valence electrons. The van der Waals surface area contributed by atoms with Crippen molar-refractivity contribution in [3.63, 3.8) is 0 Å². The van der Waals surface area contributed by atoms with Gasteiger partial charge in [-0.25, -0.2) is 0 Å². The summed E-state index contributed by atoms with van der Waals surface area (Å²) < 4.78 is 43.4. The van der Waals surface area contributed by atoms with E-state index in [9.17, 15) is 32.7 Å². The lowest BCUT2D eigenvalue weighted by Gasteiger charge is -2.40. The highest BCUT2D eigenvalue weighted by molar-refractivity contribution is 7.81. The summed E-state index contributed by atoms with van der Waals surface area (Å²) in [7, 11) is -5.11. The Kier molecular flexibility index (Phi) is 6.98. The van der Waals surface area contributed by atoms with Crippen LogP contribution in [0.15, 0.2) is 42.5 Å². The summed E-state index contributed by atoms with van der Waals surface area (Å²) >= 11 is 6.26. The van der Waals surface area contributed by atoms with Gasteiger partial charge >= 0.3 is 10.5 Å². The molecule has 30 heavy (non-hydrogen) atoms. The summed E-state index contributed by atoms with van der Waals surface area (Å²) in [6.07, 6.45) is -6.10. The van der Waals surface area contributed by atoms with E-state index in [4.69, 9.17) is 16.3 Å². The minimum Gasteiger partial charge on any atom is -0.394 e. The van der Waals surface area contributed by atoms with Crippen LogP contribution in [-0.2, 0) is 21.7 Å². The molecule has 8 nitrogen and oxygen atoms in total. The van der Waals surface area contributed by atoms with Crippen molar-refractivity contribution in [2.45, 2.75) is 36.9 Å². The SMILES string of the molecule is O=S(=O)(F)Oc1ccc(Cc2cc([C@@H]3O[C@H](CO)[C@@H](O)[C@H](O)[C@H]3O)ccc2Cl)cc1. The van der Waals surface area contributed by atoms with Crippen molar-refractivity contribution in [1.82, 2.24) is 0 Å². The lowest BCUT2D eigenvalue weighted by Crippen LogP contribution is -2.55. The number of hydrogen-bond donors (Lipinski definition) is 4. The maximum atomic E-state index is 12.6. The van der Waals surface area contributed by atoms with Gasteiger partial charge < -0.3 is 29.3 Å². The number of aliphatic hydroxyl groups excluding tert-OH is 4. The van der Waals surface area contributed by atoms with Crippen LogP contribution in [0.4, 0.5) is 3.89 Å². The Bertz CT molecular complexity index is 983. The highest BCUT2D eigenvalue weighted by Gasteiger charge is 2.44. The van der Waals surface area contributed by atoms with Crippen LogP contribution in [0.1, 0.15) is 22.8 Å². The van der Waals surface area contributed by atoms with Crippen LogP contribution in [0, 0.1) is 0 Å². The first kappa shape index (κ1) is 22.9. The fraction of sp³-hybridized carbons (Fsp3) is 0.368. The van der Waals surface area contributed by atoms with Crippen molar-refractivity contribution in [3.8, 4) is 5.75 Å². The molecule has 0 spiro atoms. The molecule has 2 aromatic rings. The smallest absolute Gasteiger partial charge is 0.394 e. The van der Waals surface area contributed by atoms with E-state index in [1.807, 2.05) is 0 Å². The second kappa shape index (κ2) is 9.15. The van der Waals surface area contributed by atoms with Gasteiger partial charge in [-0.05, 0) is 41.3 Å². The number of benzene rings is 2. The first-order chi connectivity index (χ1) is 14.1. The van der Waals surface area contributed by atoms with Gasteiger partial charge in [0.15, 0.2) is 0 Å². The molecule has 11 heteroatoms. The molecule has 0 amide bonds. The third kappa shape index (κ3) is 5.27. The predicted octanol–water partition coefficient (Wildman–Crippen LogP) is 1.04. The van der Waals surface area contributed by atoms with Crippen LogP contribution in [-0.4, -0.2) is 59.9 Å². The maximum Gasteiger partial charge on any atom is 0.488 e. The Hall–Kier alpha value is -1.79. The van der Waals surface area contributed by atoms with Gasteiger partial charge in [0.2, 0.25) is 0 Å². The standard InChI is InChI=1S/C19H20ClFO8S/c20-14-6-3-11(19-18(25)17(24)16(23)15(9-22)28-19)8-12(14)7-10-1-4-13(5-2-10)29-30(21,26)27/h1-6,8,15-19,22-25H,7,9H2/t15-,16-,17+,18-,19+/m1/s1. The number of halogens is 2. The molecule has 2 aromatic carbocycles. The highest BCUT2D eigenvalue weighted by atomic mass is 35.5. The minimum absolute atomic E-state index is 0.178. The molecule has 4 N–H and O–H groups in total. The average molecular weight is 463 g/mol. The van der Waals surface area contributed by atoms with E-state index in [0.717, 1.165) is 0 Å². The van der Waals surface area contributed by atoms with Gasteiger partial charge in [-0.15, -0.1) is 0 Å². The summed E-state index contributed by atoms with van der Waals surface area (Å²) in [6.45, 7) is -0.537. The first-order valence-electron chi connectivity index (χ1n) is 8.91. The van der Waals surface area contributed by atoms with Crippen molar-refractivity contribution in [3.05, 3.63) is 64.2 Å². The Morgan fingerprint density at radius 1 is 1.03 bits per heavy atom. The van der Waals surface area contributed by atoms with Crippen molar-refractivity contribution in [2.75, 3.05) is 6.61 Å². The summed E-state index contributed by atoms with van der Waals surface area (Å²) in [5.41, 5.74) is 1.83. The lowest BCUT2D eigenvalue weighted by atomic mass is 9.90. The molecule has 0 radical (unpaired) electrons. The molecule has 1 aliphatic rings. The number of rotatable bonds is 6. The first-order valence-corrected chi connectivity index (χ1v) is 10.6. The molecule has 1 aliphatic heterocycles. The van der Waals surface area contributed by atoms with Gasteiger partial charge in [-0.2, -0.15) is 8.42 Å². The van der Waals surface area contributed by atoms with E-state index in [2.05, 4.69) is 4.18 Å². The normalized spacial score (nSPS) is 27.1. The largest absolute Gasteiger partial charge is 0.488 e. The molecule has 5 atom stereocenters. The van der Waals surface area contributed by atoms with Crippen molar-refractivity contribution >= 4 is 22.1 Å². The third-order valence-electron chi connectivity index (χ3n) is 4.80. The van der Waals surface area contributed by atoms with E-state index in [-0.39, 0.29) is 5.75 Å². The molecule has 0 aliphatic carbocycles. The Morgan fingerprint density at radius 3 is 2.30 bits per heavy atom. The van der Waals surface area contributed by atoms with Crippen LogP contribution in [0.2, 0.25) is 5.02 Å². The zero-order valence-corrected chi connectivity index (χ0v) is 17.0. The van der Waals surface area contributed by atoms with E-state index in [0.29, 0.717) is 28.1 Å². The second-order valence-corrected chi connectivity index (χ2v) is 8.26. The topological polar surface area (TPSA) is 134 Å². The van der Waals surface area contributed by atoms with Gasteiger partial charge in [0.1, 0.15) is 36.3 Å². The maximum absolute atomic E-state index is 12.6. The Morgan fingerprint density at radius 2 is 1.70 bits per heavy atom. The van der Waals surface area contributed by atoms with E-state index in [1.165, 1.54) is 24.3 Å². The lowest BCUT2D eigenvalue weighted by molar-refractivity contribution is -0.231. The molecule has 1 saturated heterocycles. The zero-order valence-electron chi connectivity index (χ0n) is 15.4. The molecule has 1 fully saturated rings. The van der Waals surface area contributed by atoms with E-state index in [1.54, 1.807) is 18.2 Å². The van der Waals surface area contributed by atoms with Crippen LogP contribution in [0.25, 0.3) is 0 Å². The Labute approximate surface area is 177 Å². The molecular formula is C19H20ClFO8S. The van der Waals surface area contributed by atoms with Gasteiger partial charge in [-0.3, -0.25) is 0 Å². The van der Waals surface area contributed by atoms with E-state index < -0.39 is 47.6 Å².